The predicted molar refractivity (Wildman–Crippen MR) is 115 cm³/mol. The molecule has 0 aromatic rings. The SMILES string of the molecule is C.C.C.CC(C)C1CCN(C(C)C)C1.CC(C)C1CN(C(C)C)C1. The molecule has 0 aromatic carbocycles. The molecule has 0 bridgehead atoms. The number of hydrogen-bond acceptors (Lipinski definition) is 2. The molecule has 0 amide bonds. The van der Waals surface area contributed by atoms with E-state index >= 15 is 0 Å². The van der Waals surface area contributed by atoms with E-state index in [2.05, 4.69) is 65.2 Å². The van der Waals surface area contributed by atoms with Crippen molar-refractivity contribution in [2.45, 2.75) is 96.2 Å². The molecular weight excluding hydrogens is 292 g/mol. The van der Waals surface area contributed by atoms with Crippen LogP contribution in [0.1, 0.15) is 84.1 Å². The largest absolute Gasteiger partial charge is 0.301 e. The number of nitrogens with zero attached hydrogens (tertiary/aromatic N) is 2. The number of hydrogen-bond donors (Lipinski definition) is 0. The predicted octanol–water partition coefficient (Wildman–Crippen LogP) is 6.26. The van der Waals surface area contributed by atoms with Crippen molar-refractivity contribution in [2.24, 2.45) is 23.7 Å². The molecule has 2 nitrogen and oxygen atoms in total. The van der Waals surface area contributed by atoms with Crippen molar-refractivity contribution in [3.05, 3.63) is 0 Å². The minimum Gasteiger partial charge on any atom is -0.301 e. The second kappa shape index (κ2) is 13.2. The summed E-state index contributed by atoms with van der Waals surface area (Å²) >= 11 is 0. The monoisotopic (exact) mass is 344 g/mol. The van der Waals surface area contributed by atoms with E-state index in [0.717, 1.165) is 35.8 Å². The Kier molecular flexibility index (Phi) is 15.8. The second-order valence-electron chi connectivity index (χ2n) is 8.43. The van der Waals surface area contributed by atoms with Gasteiger partial charge in [-0.2, -0.15) is 0 Å². The van der Waals surface area contributed by atoms with Crippen molar-refractivity contribution in [3.63, 3.8) is 0 Å². The van der Waals surface area contributed by atoms with Gasteiger partial charge in [-0.15, -0.1) is 0 Å². The van der Waals surface area contributed by atoms with E-state index in [1.54, 1.807) is 0 Å². The van der Waals surface area contributed by atoms with Gasteiger partial charge in [0.15, 0.2) is 0 Å². The molecule has 2 heteroatoms. The Labute approximate surface area is 156 Å². The smallest absolute Gasteiger partial charge is 0.00388 e. The van der Waals surface area contributed by atoms with E-state index in [4.69, 9.17) is 0 Å². The van der Waals surface area contributed by atoms with Crippen LogP contribution >= 0.6 is 0 Å². The van der Waals surface area contributed by atoms with Crippen LogP contribution in [0.25, 0.3) is 0 Å². The highest BCUT2D eigenvalue weighted by atomic mass is 15.2. The van der Waals surface area contributed by atoms with Crippen LogP contribution in [0.2, 0.25) is 0 Å². The second-order valence-corrected chi connectivity index (χ2v) is 8.43. The fourth-order valence-corrected chi connectivity index (χ4v) is 3.22. The van der Waals surface area contributed by atoms with E-state index in [9.17, 15) is 0 Å². The highest BCUT2D eigenvalue weighted by molar-refractivity contribution is 4.83. The number of rotatable bonds is 4. The van der Waals surface area contributed by atoms with Crippen LogP contribution in [0.4, 0.5) is 0 Å². The van der Waals surface area contributed by atoms with Crippen LogP contribution < -0.4 is 0 Å². The van der Waals surface area contributed by atoms with Gasteiger partial charge in [-0.25, -0.2) is 0 Å². The van der Waals surface area contributed by atoms with Crippen molar-refractivity contribution < 1.29 is 0 Å². The molecule has 0 aliphatic carbocycles. The van der Waals surface area contributed by atoms with Crippen LogP contribution in [0.15, 0.2) is 0 Å². The summed E-state index contributed by atoms with van der Waals surface area (Å²) in [7, 11) is 0. The highest BCUT2D eigenvalue weighted by Crippen LogP contribution is 2.25. The fourth-order valence-electron chi connectivity index (χ4n) is 3.22. The van der Waals surface area contributed by atoms with E-state index in [0.29, 0.717) is 0 Å². The summed E-state index contributed by atoms with van der Waals surface area (Å²) in [4.78, 5) is 5.12. The van der Waals surface area contributed by atoms with Crippen LogP contribution in [0.3, 0.4) is 0 Å². The Bertz CT molecular complexity index is 252. The third kappa shape index (κ3) is 8.85. The van der Waals surface area contributed by atoms with Gasteiger partial charge in [-0.1, -0.05) is 50.0 Å². The lowest BCUT2D eigenvalue weighted by Crippen LogP contribution is -2.51. The lowest BCUT2D eigenvalue weighted by molar-refractivity contribution is 0.0408. The molecule has 2 aliphatic heterocycles. The van der Waals surface area contributed by atoms with Gasteiger partial charge in [0, 0.05) is 31.7 Å². The quantitative estimate of drug-likeness (QED) is 0.593. The maximum Gasteiger partial charge on any atom is 0.00388 e. The minimum absolute atomic E-state index is 0. The third-order valence-electron chi connectivity index (χ3n) is 5.54. The summed E-state index contributed by atoms with van der Waals surface area (Å²) in [6.07, 6.45) is 1.41. The zero-order valence-electron chi connectivity index (χ0n) is 15.9. The molecule has 0 radical (unpaired) electrons. The number of likely N-dealkylation sites (tertiary alicyclic amines) is 2. The minimum atomic E-state index is 0. The van der Waals surface area contributed by atoms with Crippen molar-refractivity contribution in [1.82, 2.24) is 9.80 Å². The molecule has 2 aliphatic rings. The molecule has 2 fully saturated rings. The normalized spacial score (nSPS) is 21.8. The molecule has 0 aromatic heterocycles. The van der Waals surface area contributed by atoms with Gasteiger partial charge in [0.2, 0.25) is 0 Å². The van der Waals surface area contributed by atoms with Crippen molar-refractivity contribution in [1.29, 1.82) is 0 Å². The van der Waals surface area contributed by atoms with Gasteiger partial charge < -0.3 is 9.80 Å². The average molecular weight is 345 g/mol. The molecule has 150 valence electrons. The molecule has 1 unspecified atom stereocenters. The van der Waals surface area contributed by atoms with Gasteiger partial charge in [-0.05, 0) is 64.3 Å². The first-order chi connectivity index (χ1) is 9.72. The maximum absolute atomic E-state index is 2.59. The molecule has 24 heavy (non-hydrogen) atoms. The van der Waals surface area contributed by atoms with Crippen LogP contribution in [-0.2, 0) is 0 Å². The van der Waals surface area contributed by atoms with Gasteiger partial charge >= 0.3 is 0 Å². The topological polar surface area (TPSA) is 6.48 Å². The summed E-state index contributed by atoms with van der Waals surface area (Å²) in [5, 5.41) is 0. The zero-order chi connectivity index (χ0) is 16.2. The Balaban J connectivity index is -0.000000328. The summed E-state index contributed by atoms with van der Waals surface area (Å²) < 4.78 is 0. The van der Waals surface area contributed by atoms with Crippen molar-refractivity contribution in [2.75, 3.05) is 26.2 Å². The van der Waals surface area contributed by atoms with Crippen LogP contribution in [0.5, 0.6) is 0 Å². The summed E-state index contributed by atoms with van der Waals surface area (Å²) in [5.41, 5.74) is 0. The van der Waals surface area contributed by atoms with Crippen molar-refractivity contribution in [3.8, 4) is 0 Å². The zero-order valence-corrected chi connectivity index (χ0v) is 15.9. The van der Waals surface area contributed by atoms with E-state index in [1.807, 2.05) is 0 Å². The molecule has 2 saturated heterocycles. The average Bonchev–Trinajstić information content (AvgIpc) is 2.75. The Morgan fingerprint density at radius 2 is 0.958 bits per heavy atom. The Hall–Kier alpha value is -0.0800. The molecule has 0 N–H and O–H groups in total. The standard InChI is InChI=1S/C10H21N.C9H19N.3CH4/c1-8(2)10-5-6-11(7-10)9(3)4;1-7(2)9-5-10(6-9)8(3)4;;;/h8-10H,5-7H2,1-4H3;7-9H,5-6H2,1-4H3;3*1H4. The third-order valence-corrected chi connectivity index (χ3v) is 5.54. The molecule has 2 rings (SSSR count). The summed E-state index contributed by atoms with van der Waals surface area (Å²) in [5.74, 6) is 3.69. The van der Waals surface area contributed by atoms with E-state index < -0.39 is 0 Å². The molecule has 0 spiro atoms. The highest BCUT2D eigenvalue weighted by Gasteiger charge is 2.30. The lowest BCUT2D eigenvalue weighted by Gasteiger charge is -2.44. The fraction of sp³-hybridized carbons (Fsp3) is 1.00. The van der Waals surface area contributed by atoms with Gasteiger partial charge in [0.05, 0.1) is 0 Å². The molecule has 2 heterocycles. The Morgan fingerprint density at radius 1 is 0.583 bits per heavy atom. The van der Waals surface area contributed by atoms with Crippen LogP contribution in [0, 0.1) is 23.7 Å². The first-order valence-corrected chi connectivity index (χ1v) is 9.20. The first-order valence-electron chi connectivity index (χ1n) is 9.20. The lowest BCUT2D eigenvalue weighted by atomic mass is 9.87. The van der Waals surface area contributed by atoms with Crippen molar-refractivity contribution >= 4 is 0 Å². The van der Waals surface area contributed by atoms with E-state index in [-0.39, 0.29) is 22.3 Å². The Morgan fingerprint density at radius 3 is 1.21 bits per heavy atom. The summed E-state index contributed by atoms with van der Waals surface area (Å²) in [6, 6.07) is 1.51. The van der Waals surface area contributed by atoms with Gasteiger partial charge in [-0.3, -0.25) is 0 Å². The molecular formula is C22H52N2. The first kappa shape index (κ1) is 28.7. The van der Waals surface area contributed by atoms with Gasteiger partial charge in [0.1, 0.15) is 0 Å². The van der Waals surface area contributed by atoms with Crippen LogP contribution in [-0.4, -0.2) is 48.1 Å². The summed E-state index contributed by atoms with van der Waals surface area (Å²) in [6.45, 7) is 23.8. The maximum atomic E-state index is 2.59. The molecule has 0 saturated carbocycles. The molecule has 1 atom stereocenters. The van der Waals surface area contributed by atoms with E-state index in [1.165, 1.54) is 32.6 Å². The van der Waals surface area contributed by atoms with Gasteiger partial charge in [0.25, 0.3) is 0 Å².